The number of piperidine rings is 1. The summed E-state index contributed by atoms with van der Waals surface area (Å²) in [5.74, 6) is -2.05. The zero-order valence-electron chi connectivity index (χ0n) is 19.2. The van der Waals surface area contributed by atoms with Crippen LogP contribution < -0.4 is 16.4 Å². The number of carbonyl (C=O) groups excluding carboxylic acids is 3. The van der Waals surface area contributed by atoms with Crippen molar-refractivity contribution in [2.45, 2.75) is 19.3 Å². The highest BCUT2D eigenvalue weighted by Crippen LogP contribution is 2.19. The van der Waals surface area contributed by atoms with Crippen LogP contribution in [-0.2, 0) is 0 Å². The fourth-order valence-corrected chi connectivity index (χ4v) is 4.05. The minimum atomic E-state index is -0.798. The Morgan fingerprint density at radius 3 is 2.29 bits per heavy atom. The first-order valence-electron chi connectivity index (χ1n) is 11.5. The van der Waals surface area contributed by atoms with Crippen molar-refractivity contribution in [3.8, 4) is 5.69 Å². The van der Waals surface area contributed by atoms with Gasteiger partial charge in [0.05, 0.1) is 0 Å². The van der Waals surface area contributed by atoms with Gasteiger partial charge in [0.1, 0.15) is 17.8 Å². The van der Waals surface area contributed by atoms with E-state index in [9.17, 15) is 18.8 Å². The van der Waals surface area contributed by atoms with E-state index in [1.54, 1.807) is 24.3 Å². The molecule has 4 N–H and O–H groups in total. The summed E-state index contributed by atoms with van der Waals surface area (Å²) >= 11 is 0. The average molecular weight is 479 g/mol. The highest BCUT2D eigenvalue weighted by molar-refractivity contribution is 6.05. The predicted octanol–water partition coefficient (Wildman–Crippen LogP) is 2.58. The van der Waals surface area contributed by atoms with E-state index in [4.69, 9.17) is 5.73 Å². The van der Waals surface area contributed by atoms with E-state index in [0.29, 0.717) is 23.5 Å². The van der Waals surface area contributed by atoms with Gasteiger partial charge in [0, 0.05) is 30.0 Å². The fourth-order valence-electron chi connectivity index (χ4n) is 4.05. The highest BCUT2D eigenvalue weighted by atomic mass is 19.1. The fraction of sp³-hybridized carbons (Fsp3) is 0.280. The van der Waals surface area contributed by atoms with Gasteiger partial charge in [-0.15, -0.1) is 0 Å². The lowest BCUT2D eigenvalue weighted by Crippen LogP contribution is -2.38. The van der Waals surface area contributed by atoms with E-state index in [1.165, 1.54) is 41.6 Å². The van der Waals surface area contributed by atoms with Crippen LogP contribution in [0.3, 0.4) is 0 Å². The quantitative estimate of drug-likeness (QED) is 0.459. The smallest absolute Gasteiger partial charge is 0.270 e. The second-order valence-corrected chi connectivity index (χ2v) is 8.34. The first-order chi connectivity index (χ1) is 16.9. The predicted molar refractivity (Wildman–Crippen MR) is 129 cm³/mol. The molecular formula is C25H27FN6O3. The monoisotopic (exact) mass is 478 g/mol. The van der Waals surface area contributed by atoms with Crippen molar-refractivity contribution >= 4 is 23.4 Å². The Morgan fingerprint density at radius 1 is 0.943 bits per heavy atom. The first kappa shape index (κ1) is 24.1. The van der Waals surface area contributed by atoms with E-state index in [0.717, 1.165) is 32.5 Å². The van der Waals surface area contributed by atoms with Gasteiger partial charge in [0.15, 0.2) is 5.69 Å². The van der Waals surface area contributed by atoms with Crippen LogP contribution >= 0.6 is 0 Å². The zero-order chi connectivity index (χ0) is 24.8. The van der Waals surface area contributed by atoms with E-state index in [-0.39, 0.29) is 17.3 Å². The lowest BCUT2D eigenvalue weighted by molar-refractivity contribution is 0.0923. The van der Waals surface area contributed by atoms with Gasteiger partial charge in [0.25, 0.3) is 17.7 Å². The van der Waals surface area contributed by atoms with Gasteiger partial charge >= 0.3 is 0 Å². The molecule has 4 rings (SSSR count). The molecule has 1 aliphatic heterocycles. The van der Waals surface area contributed by atoms with E-state index in [1.807, 2.05) is 0 Å². The normalized spacial score (nSPS) is 13.9. The number of benzene rings is 2. The van der Waals surface area contributed by atoms with Crippen LogP contribution in [-0.4, -0.2) is 58.4 Å². The Labute approximate surface area is 202 Å². The molecule has 0 spiro atoms. The number of likely N-dealkylation sites (tertiary alicyclic amines) is 1. The van der Waals surface area contributed by atoms with Crippen molar-refractivity contribution in [1.29, 1.82) is 0 Å². The van der Waals surface area contributed by atoms with Crippen molar-refractivity contribution in [3.63, 3.8) is 0 Å². The summed E-state index contributed by atoms with van der Waals surface area (Å²) in [6, 6.07) is 11.9. The number of nitrogens with one attached hydrogen (secondary N) is 2. The molecule has 9 nitrogen and oxygen atoms in total. The minimum Gasteiger partial charge on any atom is -0.364 e. The molecule has 1 aliphatic rings. The van der Waals surface area contributed by atoms with Crippen LogP contribution in [0.25, 0.3) is 5.69 Å². The lowest BCUT2D eigenvalue weighted by Gasteiger charge is -2.26. The first-order valence-corrected chi connectivity index (χ1v) is 11.5. The molecule has 0 bridgehead atoms. The summed E-state index contributed by atoms with van der Waals surface area (Å²) in [5, 5.41) is 5.60. The van der Waals surface area contributed by atoms with Crippen LogP contribution in [0.5, 0.6) is 0 Å². The molecule has 3 aromatic rings. The Bertz CT molecular complexity index is 1200. The van der Waals surface area contributed by atoms with Crippen LogP contribution in [0.2, 0.25) is 0 Å². The number of rotatable bonds is 8. The molecule has 1 aromatic heterocycles. The van der Waals surface area contributed by atoms with E-state index < -0.39 is 17.6 Å². The zero-order valence-corrected chi connectivity index (χ0v) is 19.2. The molecule has 0 unspecified atom stereocenters. The molecule has 1 fully saturated rings. The summed E-state index contributed by atoms with van der Waals surface area (Å²) < 4.78 is 14.6. The SMILES string of the molecule is NC(=O)c1ncn(-c2ccc(NC(=O)c3ccc(F)cc3)cc2)c1C(=O)NCCN1CCCCC1. The van der Waals surface area contributed by atoms with Gasteiger partial charge in [-0.25, -0.2) is 9.37 Å². The van der Waals surface area contributed by atoms with Crippen LogP contribution in [0.4, 0.5) is 10.1 Å². The van der Waals surface area contributed by atoms with Crippen molar-refractivity contribution in [3.05, 3.63) is 77.6 Å². The summed E-state index contributed by atoms with van der Waals surface area (Å²) in [7, 11) is 0. The second kappa shape index (κ2) is 10.9. The molecule has 1 saturated heterocycles. The van der Waals surface area contributed by atoms with Crippen LogP contribution in [0, 0.1) is 5.82 Å². The van der Waals surface area contributed by atoms with Crippen molar-refractivity contribution in [2.24, 2.45) is 5.73 Å². The average Bonchev–Trinajstić information content (AvgIpc) is 3.31. The van der Waals surface area contributed by atoms with E-state index in [2.05, 4.69) is 20.5 Å². The summed E-state index contributed by atoms with van der Waals surface area (Å²) in [5.41, 5.74) is 6.78. The molecule has 0 saturated carbocycles. The molecule has 0 aliphatic carbocycles. The maximum atomic E-state index is 13.1. The van der Waals surface area contributed by atoms with Crippen molar-refractivity contribution in [1.82, 2.24) is 19.8 Å². The maximum absolute atomic E-state index is 13.1. The third-order valence-corrected chi connectivity index (χ3v) is 5.89. The second-order valence-electron chi connectivity index (χ2n) is 8.34. The summed E-state index contributed by atoms with van der Waals surface area (Å²) in [4.78, 5) is 43.6. The van der Waals surface area contributed by atoms with E-state index >= 15 is 0 Å². The maximum Gasteiger partial charge on any atom is 0.270 e. The number of nitrogens with zero attached hydrogens (tertiary/aromatic N) is 3. The number of hydrogen-bond acceptors (Lipinski definition) is 5. The molecule has 2 heterocycles. The van der Waals surface area contributed by atoms with Gasteiger partial charge < -0.3 is 21.3 Å². The molecule has 182 valence electrons. The summed E-state index contributed by atoms with van der Waals surface area (Å²) in [6.45, 7) is 3.21. The number of amides is 3. The van der Waals surface area contributed by atoms with Gasteiger partial charge in [-0.1, -0.05) is 6.42 Å². The number of anilines is 1. The van der Waals surface area contributed by atoms with Gasteiger partial charge in [-0.3, -0.25) is 19.0 Å². The van der Waals surface area contributed by atoms with Crippen LogP contribution in [0.15, 0.2) is 54.9 Å². The number of hydrogen-bond donors (Lipinski definition) is 3. The number of aromatic nitrogens is 2. The lowest BCUT2D eigenvalue weighted by atomic mass is 10.1. The summed E-state index contributed by atoms with van der Waals surface area (Å²) in [6.07, 6.45) is 4.92. The Hall–Kier alpha value is -4.05. The van der Waals surface area contributed by atoms with Crippen molar-refractivity contribution < 1.29 is 18.8 Å². The molecule has 0 radical (unpaired) electrons. The molecule has 3 amide bonds. The van der Waals surface area contributed by atoms with Gasteiger partial charge in [-0.2, -0.15) is 0 Å². The standard InChI is InChI=1S/C25H27FN6O3/c26-18-6-4-17(5-7-18)24(34)30-19-8-10-20(11-9-19)32-16-29-21(23(27)33)22(32)25(35)28-12-15-31-13-2-1-3-14-31/h4-11,16H,1-3,12-15H2,(H2,27,33)(H,28,35)(H,30,34). The molecule has 2 aromatic carbocycles. The number of carbonyl (C=O) groups is 3. The molecule has 35 heavy (non-hydrogen) atoms. The van der Waals surface area contributed by atoms with Crippen molar-refractivity contribution in [2.75, 3.05) is 31.5 Å². The Kier molecular flexibility index (Phi) is 7.51. The van der Waals surface area contributed by atoms with Gasteiger partial charge in [0.2, 0.25) is 0 Å². The molecular weight excluding hydrogens is 451 g/mol. The van der Waals surface area contributed by atoms with Gasteiger partial charge in [-0.05, 0) is 74.5 Å². The third kappa shape index (κ3) is 5.90. The Morgan fingerprint density at radius 2 is 1.63 bits per heavy atom. The Balaban J connectivity index is 1.46. The number of halogens is 1. The number of primary amides is 1. The molecule has 0 atom stereocenters. The molecule has 10 heteroatoms. The highest BCUT2D eigenvalue weighted by Gasteiger charge is 2.23. The largest absolute Gasteiger partial charge is 0.364 e. The van der Waals surface area contributed by atoms with Crippen LogP contribution in [0.1, 0.15) is 50.6 Å². The third-order valence-electron chi connectivity index (χ3n) is 5.89. The number of imidazole rings is 1. The topological polar surface area (TPSA) is 122 Å². The number of nitrogens with two attached hydrogens (primary N) is 1. The minimum absolute atomic E-state index is 0.0549.